The van der Waals surface area contributed by atoms with Gasteiger partial charge in [-0.3, -0.25) is 0 Å². The highest BCUT2D eigenvalue weighted by molar-refractivity contribution is 5.95. The van der Waals surface area contributed by atoms with Crippen LogP contribution in [0.15, 0.2) is 26.5 Å². The molecule has 128 valence electrons. The van der Waals surface area contributed by atoms with E-state index in [9.17, 15) is 9.90 Å². The van der Waals surface area contributed by atoms with Crippen LogP contribution in [0, 0.1) is 6.92 Å². The van der Waals surface area contributed by atoms with Crippen LogP contribution in [-0.4, -0.2) is 31.3 Å². The second-order valence-electron chi connectivity index (χ2n) is 5.55. The van der Waals surface area contributed by atoms with Crippen LogP contribution in [0.25, 0.3) is 11.0 Å². The van der Waals surface area contributed by atoms with Gasteiger partial charge >= 0.3 is 5.63 Å². The van der Waals surface area contributed by atoms with Gasteiger partial charge in [-0.1, -0.05) is 5.16 Å². The quantitative estimate of drug-likeness (QED) is 0.525. The van der Waals surface area contributed by atoms with E-state index in [-0.39, 0.29) is 23.2 Å². The summed E-state index contributed by atoms with van der Waals surface area (Å²) < 4.78 is 16.8. The highest BCUT2D eigenvalue weighted by atomic mass is 16.7. The van der Waals surface area contributed by atoms with Crippen molar-refractivity contribution < 1.29 is 23.8 Å². The third-order valence-electron chi connectivity index (χ3n) is 3.96. The first-order chi connectivity index (χ1) is 11.6. The largest absolute Gasteiger partial charge is 0.506 e. The lowest BCUT2D eigenvalue weighted by molar-refractivity contribution is -0.106. The molecule has 1 aromatic carbocycles. The van der Waals surface area contributed by atoms with E-state index in [0.29, 0.717) is 23.3 Å². The molecular weight excluding hydrogens is 314 g/mol. The van der Waals surface area contributed by atoms with Crippen molar-refractivity contribution in [3.63, 3.8) is 0 Å². The number of oxime groups is 1. The molecule has 1 N–H and O–H groups in total. The first kappa shape index (κ1) is 16.3. The average molecular weight is 333 g/mol. The molecule has 0 aliphatic carbocycles. The van der Waals surface area contributed by atoms with Gasteiger partial charge < -0.3 is 23.8 Å². The summed E-state index contributed by atoms with van der Waals surface area (Å²) in [7, 11) is 1.34. The van der Waals surface area contributed by atoms with E-state index in [1.807, 2.05) is 0 Å². The van der Waals surface area contributed by atoms with Crippen LogP contribution in [-0.2, 0) is 9.57 Å². The van der Waals surface area contributed by atoms with Crippen molar-refractivity contribution in [2.45, 2.75) is 32.5 Å². The fourth-order valence-corrected chi connectivity index (χ4v) is 2.67. The van der Waals surface area contributed by atoms with Crippen LogP contribution in [0.2, 0.25) is 0 Å². The maximum atomic E-state index is 12.1. The second-order valence-corrected chi connectivity index (χ2v) is 5.55. The molecule has 2 aromatic rings. The van der Waals surface area contributed by atoms with E-state index in [0.717, 1.165) is 25.5 Å². The minimum atomic E-state index is -0.699. The number of fused-ring (bicyclic) bond motifs is 1. The molecule has 1 fully saturated rings. The van der Waals surface area contributed by atoms with Gasteiger partial charge in [-0.25, -0.2) is 4.79 Å². The Labute approximate surface area is 138 Å². The Morgan fingerprint density at radius 3 is 2.92 bits per heavy atom. The van der Waals surface area contributed by atoms with Crippen molar-refractivity contribution in [3.05, 3.63) is 33.7 Å². The first-order valence-electron chi connectivity index (χ1n) is 7.76. The molecule has 0 saturated carbocycles. The maximum absolute atomic E-state index is 12.1. The van der Waals surface area contributed by atoms with Crippen molar-refractivity contribution >= 4 is 17.2 Å². The molecule has 7 heteroatoms. The maximum Gasteiger partial charge on any atom is 0.349 e. The summed E-state index contributed by atoms with van der Waals surface area (Å²) in [6, 6.07) is 3.37. The molecular formula is C17H19NO6. The lowest BCUT2D eigenvalue weighted by Crippen LogP contribution is -2.25. The van der Waals surface area contributed by atoms with E-state index in [1.165, 1.54) is 7.11 Å². The normalized spacial score (nSPS) is 18.2. The topological polar surface area (TPSA) is 90.5 Å². The predicted molar refractivity (Wildman–Crippen MR) is 87.7 cm³/mol. The molecule has 24 heavy (non-hydrogen) atoms. The number of benzene rings is 1. The molecule has 1 unspecified atom stereocenters. The number of aromatic hydroxyl groups is 1. The summed E-state index contributed by atoms with van der Waals surface area (Å²) in [6.45, 7) is 2.45. The average Bonchev–Trinajstić information content (AvgIpc) is 2.59. The van der Waals surface area contributed by atoms with Crippen LogP contribution in [0.3, 0.4) is 0 Å². The van der Waals surface area contributed by atoms with Gasteiger partial charge in [-0.2, -0.15) is 0 Å². The Kier molecular flexibility index (Phi) is 4.71. The number of hydrogen-bond donors (Lipinski definition) is 1. The Bertz CT molecular complexity index is 820. The lowest BCUT2D eigenvalue weighted by Gasteiger charge is -2.24. The van der Waals surface area contributed by atoms with E-state index in [2.05, 4.69) is 9.99 Å². The molecule has 0 bridgehead atoms. The van der Waals surface area contributed by atoms with Gasteiger partial charge in [0, 0.05) is 12.0 Å². The van der Waals surface area contributed by atoms with Crippen molar-refractivity contribution in [2.24, 2.45) is 5.16 Å². The number of nitrogens with zero attached hydrogens (tertiary/aromatic N) is 1. The first-order valence-corrected chi connectivity index (χ1v) is 7.76. The summed E-state index contributed by atoms with van der Waals surface area (Å²) in [4.78, 5) is 16.6. The van der Waals surface area contributed by atoms with Crippen molar-refractivity contribution in [1.29, 1.82) is 0 Å². The van der Waals surface area contributed by atoms with Crippen molar-refractivity contribution in [2.75, 3.05) is 13.7 Å². The van der Waals surface area contributed by atoms with Gasteiger partial charge in [0.2, 0.25) is 0 Å². The van der Waals surface area contributed by atoms with Gasteiger partial charge in [-0.05, 0) is 31.9 Å². The zero-order chi connectivity index (χ0) is 17.1. The smallest absolute Gasteiger partial charge is 0.349 e. The zero-order valence-electron chi connectivity index (χ0n) is 13.6. The molecule has 3 rings (SSSR count). The lowest BCUT2D eigenvalue weighted by atomic mass is 10.1. The number of hydrogen-bond acceptors (Lipinski definition) is 7. The third kappa shape index (κ3) is 3.07. The zero-order valence-corrected chi connectivity index (χ0v) is 13.6. The number of aryl methyl sites for hydroxylation is 1. The van der Waals surface area contributed by atoms with E-state index >= 15 is 0 Å². The van der Waals surface area contributed by atoms with Gasteiger partial charge in [0.25, 0.3) is 0 Å². The Morgan fingerprint density at radius 1 is 1.38 bits per heavy atom. The standard InChI is InChI=1S/C17H19NO6/c1-10-13(23-14-5-3-4-8-22-14)7-6-11-15(19)12(9-18-21-2)17(20)24-16(10)11/h6-7,9,14,19H,3-5,8H2,1-2H3. The molecule has 1 atom stereocenters. The van der Waals surface area contributed by atoms with E-state index in [4.69, 9.17) is 13.9 Å². The predicted octanol–water partition coefficient (Wildman–Crippen LogP) is 2.69. The summed E-state index contributed by atoms with van der Waals surface area (Å²) >= 11 is 0. The molecule has 0 amide bonds. The SMILES string of the molecule is CON=Cc1c(O)c2ccc(OC3CCCCO3)c(C)c2oc1=O. The summed E-state index contributed by atoms with van der Waals surface area (Å²) in [6.07, 6.45) is 3.72. The number of rotatable bonds is 4. The minimum Gasteiger partial charge on any atom is -0.506 e. The van der Waals surface area contributed by atoms with Crippen LogP contribution in [0.5, 0.6) is 11.5 Å². The van der Waals surface area contributed by atoms with Gasteiger partial charge in [-0.15, -0.1) is 0 Å². The number of ether oxygens (including phenoxy) is 2. The highest BCUT2D eigenvalue weighted by Crippen LogP contribution is 2.33. The summed E-state index contributed by atoms with van der Waals surface area (Å²) in [5.74, 6) is 0.362. The monoisotopic (exact) mass is 333 g/mol. The summed E-state index contributed by atoms with van der Waals surface area (Å²) in [5, 5.41) is 14.2. The molecule has 1 aliphatic rings. The highest BCUT2D eigenvalue weighted by Gasteiger charge is 2.20. The van der Waals surface area contributed by atoms with Gasteiger partial charge in [0.1, 0.15) is 29.8 Å². The van der Waals surface area contributed by atoms with E-state index < -0.39 is 5.63 Å². The fraction of sp³-hybridized carbons (Fsp3) is 0.412. The van der Waals surface area contributed by atoms with E-state index in [1.54, 1.807) is 19.1 Å². The van der Waals surface area contributed by atoms with Crippen LogP contribution >= 0.6 is 0 Å². The summed E-state index contributed by atoms with van der Waals surface area (Å²) in [5.41, 5.74) is 0.146. The molecule has 1 aliphatic heterocycles. The molecule has 1 aromatic heterocycles. The molecule has 2 heterocycles. The Hall–Kier alpha value is -2.54. The molecule has 0 spiro atoms. The Balaban J connectivity index is 2.02. The van der Waals surface area contributed by atoms with Crippen molar-refractivity contribution in [1.82, 2.24) is 0 Å². The Morgan fingerprint density at radius 2 is 2.21 bits per heavy atom. The second kappa shape index (κ2) is 6.92. The molecule has 1 saturated heterocycles. The molecule has 7 nitrogen and oxygen atoms in total. The fourth-order valence-electron chi connectivity index (χ4n) is 2.67. The minimum absolute atomic E-state index is 0.0620. The van der Waals surface area contributed by atoms with Gasteiger partial charge in [0.15, 0.2) is 6.29 Å². The third-order valence-corrected chi connectivity index (χ3v) is 3.96. The van der Waals surface area contributed by atoms with Gasteiger partial charge in [0.05, 0.1) is 18.2 Å². The van der Waals surface area contributed by atoms with Crippen LogP contribution in [0.4, 0.5) is 0 Å². The van der Waals surface area contributed by atoms with Crippen LogP contribution < -0.4 is 10.4 Å². The van der Waals surface area contributed by atoms with Crippen LogP contribution in [0.1, 0.15) is 30.4 Å². The van der Waals surface area contributed by atoms with Crippen molar-refractivity contribution in [3.8, 4) is 11.5 Å². The molecule has 0 radical (unpaired) electrons.